The van der Waals surface area contributed by atoms with Crippen LogP contribution in [0.4, 0.5) is 0 Å². The third kappa shape index (κ3) is 2.60. The maximum absolute atomic E-state index is 6.35. The number of nitrogens with one attached hydrogen (secondary N) is 1. The number of benzene rings is 1. The van der Waals surface area contributed by atoms with E-state index in [0.29, 0.717) is 6.04 Å². The first-order valence-electron chi connectivity index (χ1n) is 7.05. The Morgan fingerprint density at radius 3 is 3.16 bits per heavy atom. The lowest BCUT2D eigenvalue weighted by Gasteiger charge is -2.37. The minimum Gasteiger partial charge on any atom is -0.496 e. The molecule has 2 fully saturated rings. The standard InChI is InChI=1S/C15H21ClN2O/c1-19-15-6-2-5-13(16)12(15)10-18-7-3-4-11-8-17-9-14(11)18/h2,5-6,11,14,17H,3-4,7-10H2,1H3. The molecular formula is C15H21ClN2O. The molecule has 2 heterocycles. The SMILES string of the molecule is COc1cccc(Cl)c1CN1CCCC2CNCC21. The Morgan fingerprint density at radius 1 is 1.42 bits per heavy atom. The molecule has 2 atom stereocenters. The second kappa shape index (κ2) is 5.70. The second-order valence-corrected chi connectivity index (χ2v) is 5.93. The van der Waals surface area contributed by atoms with Crippen molar-refractivity contribution in [3.8, 4) is 5.75 Å². The van der Waals surface area contributed by atoms with E-state index in [9.17, 15) is 0 Å². The van der Waals surface area contributed by atoms with Crippen molar-refractivity contribution in [2.75, 3.05) is 26.7 Å². The van der Waals surface area contributed by atoms with Crippen LogP contribution in [0.15, 0.2) is 18.2 Å². The van der Waals surface area contributed by atoms with Crippen molar-refractivity contribution >= 4 is 11.6 Å². The van der Waals surface area contributed by atoms with Crippen molar-refractivity contribution in [2.45, 2.75) is 25.4 Å². The van der Waals surface area contributed by atoms with E-state index in [1.165, 1.54) is 19.4 Å². The van der Waals surface area contributed by atoms with Crippen LogP contribution >= 0.6 is 11.6 Å². The van der Waals surface area contributed by atoms with Crippen molar-refractivity contribution in [3.05, 3.63) is 28.8 Å². The van der Waals surface area contributed by atoms with Gasteiger partial charge in [-0.3, -0.25) is 4.90 Å². The Morgan fingerprint density at radius 2 is 2.32 bits per heavy atom. The molecule has 19 heavy (non-hydrogen) atoms. The molecule has 0 amide bonds. The van der Waals surface area contributed by atoms with Gasteiger partial charge in [0.1, 0.15) is 5.75 Å². The molecule has 0 aliphatic carbocycles. The number of rotatable bonds is 3. The van der Waals surface area contributed by atoms with Crippen LogP contribution in [0.25, 0.3) is 0 Å². The highest BCUT2D eigenvalue weighted by Crippen LogP contribution is 2.32. The molecule has 1 N–H and O–H groups in total. The van der Waals surface area contributed by atoms with Gasteiger partial charge in [0.2, 0.25) is 0 Å². The van der Waals surface area contributed by atoms with Crippen LogP contribution < -0.4 is 10.1 Å². The normalized spacial score (nSPS) is 27.3. The van der Waals surface area contributed by atoms with Crippen LogP contribution in [-0.4, -0.2) is 37.7 Å². The molecule has 0 spiro atoms. The van der Waals surface area contributed by atoms with Gasteiger partial charge in [0.25, 0.3) is 0 Å². The number of ether oxygens (including phenoxy) is 1. The van der Waals surface area contributed by atoms with Gasteiger partial charge in [-0.1, -0.05) is 17.7 Å². The summed E-state index contributed by atoms with van der Waals surface area (Å²) in [5.74, 6) is 1.71. The molecule has 4 heteroatoms. The van der Waals surface area contributed by atoms with Crippen LogP contribution in [0.3, 0.4) is 0 Å². The summed E-state index contributed by atoms with van der Waals surface area (Å²) in [6.45, 7) is 4.33. The van der Waals surface area contributed by atoms with Crippen molar-refractivity contribution in [1.82, 2.24) is 10.2 Å². The molecule has 0 saturated carbocycles. The molecule has 2 aliphatic heterocycles. The molecule has 0 bridgehead atoms. The van der Waals surface area contributed by atoms with E-state index >= 15 is 0 Å². The summed E-state index contributed by atoms with van der Waals surface area (Å²) >= 11 is 6.35. The van der Waals surface area contributed by atoms with Gasteiger partial charge in [0, 0.05) is 29.7 Å². The second-order valence-electron chi connectivity index (χ2n) is 5.52. The average Bonchev–Trinajstić information content (AvgIpc) is 2.90. The van der Waals surface area contributed by atoms with Crippen molar-refractivity contribution in [3.63, 3.8) is 0 Å². The van der Waals surface area contributed by atoms with Gasteiger partial charge in [-0.05, 0) is 44.0 Å². The summed E-state index contributed by atoms with van der Waals surface area (Å²) in [5, 5.41) is 4.33. The highest BCUT2D eigenvalue weighted by molar-refractivity contribution is 6.31. The van der Waals surface area contributed by atoms with Crippen LogP contribution in [0.1, 0.15) is 18.4 Å². The molecule has 2 unspecified atom stereocenters. The molecule has 1 aromatic carbocycles. The summed E-state index contributed by atoms with van der Waals surface area (Å²) in [4.78, 5) is 2.57. The lowest BCUT2D eigenvalue weighted by Crippen LogP contribution is -2.44. The van der Waals surface area contributed by atoms with Gasteiger partial charge in [-0.2, -0.15) is 0 Å². The van der Waals surface area contributed by atoms with E-state index < -0.39 is 0 Å². The molecule has 2 saturated heterocycles. The number of likely N-dealkylation sites (tertiary alicyclic amines) is 1. The van der Waals surface area contributed by atoms with Gasteiger partial charge in [-0.25, -0.2) is 0 Å². The van der Waals surface area contributed by atoms with Gasteiger partial charge in [0.15, 0.2) is 0 Å². The molecule has 1 aromatic rings. The molecule has 2 aliphatic rings. The largest absolute Gasteiger partial charge is 0.496 e. The quantitative estimate of drug-likeness (QED) is 0.921. The Bertz CT molecular complexity index is 452. The first-order chi connectivity index (χ1) is 9.29. The zero-order chi connectivity index (χ0) is 13.2. The van der Waals surface area contributed by atoms with E-state index in [4.69, 9.17) is 16.3 Å². The fourth-order valence-electron chi connectivity index (χ4n) is 3.45. The zero-order valence-electron chi connectivity index (χ0n) is 11.4. The number of fused-ring (bicyclic) bond motifs is 1. The van der Waals surface area contributed by atoms with Gasteiger partial charge in [-0.15, -0.1) is 0 Å². The summed E-state index contributed by atoms with van der Waals surface area (Å²) in [7, 11) is 1.71. The van der Waals surface area contributed by atoms with Gasteiger partial charge in [0.05, 0.1) is 7.11 Å². The van der Waals surface area contributed by atoms with Crippen LogP contribution in [-0.2, 0) is 6.54 Å². The first kappa shape index (κ1) is 13.2. The Kier molecular flexibility index (Phi) is 3.96. The number of methoxy groups -OCH3 is 1. The number of piperidine rings is 1. The van der Waals surface area contributed by atoms with Crippen molar-refractivity contribution < 1.29 is 4.74 Å². The van der Waals surface area contributed by atoms with E-state index in [-0.39, 0.29) is 0 Å². The summed E-state index contributed by atoms with van der Waals surface area (Å²) < 4.78 is 5.45. The summed E-state index contributed by atoms with van der Waals surface area (Å²) in [6.07, 6.45) is 2.64. The predicted octanol–water partition coefficient (Wildman–Crippen LogP) is 2.53. The van der Waals surface area contributed by atoms with Crippen LogP contribution in [0, 0.1) is 5.92 Å². The maximum Gasteiger partial charge on any atom is 0.124 e. The lowest BCUT2D eigenvalue weighted by atomic mass is 9.91. The number of hydrogen-bond donors (Lipinski definition) is 1. The maximum atomic E-state index is 6.35. The lowest BCUT2D eigenvalue weighted by molar-refractivity contribution is 0.116. The molecule has 104 valence electrons. The van der Waals surface area contributed by atoms with Gasteiger partial charge < -0.3 is 10.1 Å². The van der Waals surface area contributed by atoms with Gasteiger partial charge >= 0.3 is 0 Å². The number of halogens is 1. The molecular weight excluding hydrogens is 260 g/mol. The number of hydrogen-bond acceptors (Lipinski definition) is 3. The average molecular weight is 281 g/mol. The minimum absolute atomic E-state index is 0.662. The molecule has 3 nitrogen and oxygen atoms in total. The highest BCUT2D eigenvalue weighted by Gasteiger charge is 2.35. The molecule has 0 radical (unpaired) electrons. The van der Waals surface area contributed by atoms with Crippen molar-refractivity contribution in [1.29, 1.82) is 0 Å². The Labute approximate surface area is 119 Å². The smallest absolute Gasteiger partial charge is 0.124 e. The fraction of sp³-hybridized carbons (Fsp3) is 0.600. The minimum atomic E-state index is 0.662. The van der Waals surface area contributed by atoms with Crippen LogP contribution in [0.5, 0.6) is 5.75 Å². The fourth-order valence-corrected chi connectivity index (χ4v) is 3.67. The number of nitrogens with zero attached hydrogens (tertiary/aromatic N) is 1. The Balaban J connectivity index is 1.80. The highest BCUT2D eigenvalue weighted by atomic mass is 35.5. The third-order valence-electron chi connectivity index (χ3n) is 4.45. The zero-order valence-corrected chi connectivity index (χ0v) is 12.1. The predicted molar refractivity (Wildman–Crippen MR) is 77.8 cm³/mol. The topological polar surface area (TPSA) is 24.5 Å². The van der Waals surface area contributed by atoms with E-state index in [1.54, 1.807) is 7.11 Å². The molecule has 0 aromatic heterocycles. The summed E-state index contributed by atoms with van der Waals surface area (Å²) in [5.41, 5.74) is 1.12. The van der Waals surface area contributed by atoms with Crippen LogP contribution in [0.2, 0.25) is 5.02 Å². The monoisotopic (exact) mass is 280 g/mol. The molecule has 3 rings (SSSR count). The summed E-state index contributed by atoms with van der Waals surface area (Å²) in [6, 6.07) is 6.55. The van der Waals surface area contributed by atoms with E-state index in [1.807, 2.05) is 18.2 Å². The third-order valence-corrected chi connectivity index (χ3v) is 4.80. The first-order valence-corrected chi connectivity index (χ1v) is 7.43. The van der Waals surface area contributed by atoms with E-state index in [2.05, 4.69) is 10.2 Å². The Hall–Kier alpha value is -0.770. The van der Waals surface area contributed by atoms with Crippen molar-refractivity contribution in [2.24, 2.45) is 5.92 Å². The van der Waals surface area contributed by atoms with E-state index in [0.717, 1.165) is 41.9 Å².